The third-order valence-corrected chi connectivity index (χ3v) is 3.80. The number of carbonyl (C=O) groups is 1. The van der Waals surface area contributed by atoms with Crippen molar-refractivity contribution < 1.29 is 27.8 Å². The van der Waals surface area contributed by atoms with Gasteiger partial charge in [-0.1, -0.05) is 6.07 Å². The molecule has 0 bridgehead atoms. The van der Waals surface area contributed by atoms with Crippen molar-refractivity contribution >= 4 is 6.03 Å². The number of halogens is 2. The molecule has 8 heteroatoms. The average Bonchev–Trinajstić information content (AvgIpc) is 2.90. The van der Waals surface area contributed by atoms with Gasteiger partial charge >= 0.3 is 6.03 Å². The fraction of sp³-hybridized carbons (Fsp3) is 0.316. The molecule has 1 aliphatic rings. The highest BCUT2D eigenvalue weighted by Gasteiger charge is 2.11. The van der Waals surface area contributed by atoms with Crippen molar-refractivity contribution in [3.63, 3.8) is 0 Å². The Morgan fingerprint density at radius 1 is 1.04 bits per heavy atom. The molecule has 2 amide bonds. The molecule has 0 aliphatic carbocycles. The Kier molecular flexibility index (Phi) is 6.30. The predicted molar refractivity (Wildman–Crippen MR) is 94.1 cm³/mol. The lowest BCUT2D eigenvalue weighted by Crippen LogP contribution is -2.37. The molecule has 3 rings (SSSR count). The van der Waals surface area contributed by atoms with Crippen molar-refractivity contribution in [2.24, 2.45) is 0 Å². The van der Waals surface area contributed by atoms with Crippen molar-refractivity contribution in [1.82, 2.24) is 10.6 Å². The summed E-state index contributed by atoms with van der Waals surface area (Å²) >= 11 is 0. The minimum atomic E-state index is -0.783. The molecule has 2 aromatic rings. The van der Waals surface area contributed by atoms with E-state index < -0.39 is 11.6 Å². The SMILES string of the molecule is O=C(NCCOc1ccc(F)cc1F)NCc1ccc2c(c1)OCCCO2. The summed E-state index contributed by atoms with van der Waals surface area (Å²) in [4.78, 5) is 11.8. The number of fused-ring (bicyclic) bond motifs is 1. The lowest BCUT2D eigenvalue weighted by molar-refractivity contribution is 0.235. The maximum atomic E-state index is 13.4. The number of amides is 2. The van der Waals surface area contributed by atoms with Crippen LogP contribution in [0.3, 0.4) is 0 Å². The second kappa shape index (κ2) is 9.07. The van der Waals surface area contributed by atoms with E-state index in [1.165, 1.54) is 6.07 Å². The first-order chi connectivity index (χ1) is 13.1. The van der Waals surface area contributed by atoms with E-state index in [4.69, 9.17) is 14.2 Å². The van der Waals surface area contributed by atoms with Gasteiger partial charge in [0.05, 0.1) is 19.8 Å². The minimum Gasteiger partial charge on any atom is -0.490 e. The molecule has 0 aromatic heterocycles. The van der Waals surface area contributed by atoms with E-state index in [-0.39, 0.29) is 24.9 Å². The molecule has 0 fully saturated rings. The van der Waals surface area contributed by atoms with Crippen LogP contribution in [0.2, 0.25) is 0 Å². The molecular weight excluding hydrogens is 358 g/mol. The molecular formula is C19H20F2N2O4. The maximum Gasteiger partial charge on any atom is 0.315 e. The number of hydrogen-bond acceptors (Lipinski definition) is 4. The van der Waals surface area contributed by atoms with E-state index in [0.717, 1.165) is 24.1 Å². The summed E-state index contributed by atoms with van der Waals surface area (Å²) < 4.78 is 42.5. The summed E-state index contributed by atoms with van der Waals surface area (Å²) in [6.45, 7) is 1.76. The number of benzene rings is 2. The highest BCUT2D eigenvalue weighted by atomic mass is 19.1. The molecule has 0 atom stereocenters. The van der Waals surface area contributed by atoms with Gasteiger partial charge in [-0.2, -0.15) is 0 Å². The zero-order valence-electron chi connectivity index (χ0n) is 14.6. The molecule has 0 radical (unpaired) electrons. The lowest BCUT2D eigenvalue weighted by Gasteiger charge is -2.11. The molecule has 2 N–H and O–H groups in total. The Morgan fingerprint density at radius 3 is 2.67 bits per heavy atom. The molecule has 0 saturated carbocycles. The third kappa shape index (κ3) is 5.47. The van der Waals surface area contributed by atoms with E-state index >= 15 is 0 Å². The summed E-state index contributed by atoms with van der Waals surface area (Å²) in [5.41, 5.74) is 0.874. The van der Waals surface area contributed by atoms with Gasteiger partial charge in [-0.05, 0) is 29.8 Å². The summed E-state index contributed by atoms with van der Waals surface area (Å²) in [5, 5.41) is 5.31. The monoisotopic (exact) mass is 378 g/mol. The molecule has 0 unspecified atom stereocenters. The van der Waals surface area contributed by atoms with E-state index in [1.54, 1.807) is 0 Å². The van der Waals surface area contributed by atoms with Crippen LogP contribution in [0.5, 0.6) is 17.2 Å². The first-order valence-corrected chi connectivity index (χ1v) is 8.60. The molecule has 6 nitrogen and oxygen atoms in total. The van der Waals surface area contributed by atoms with Gasteiger partial charge in [-0.25, -0.2) is 13.6 Å². The second-order valence-electron chi connectivity index (χ2n) is 5.86. The first kappa shape index (κ1) is 18.8. The lowest BCUT2D eigenvalue weighted by atomic mass is 10.2. The van der Waals surface area contributed by atoms with Gasteiger partial charge in [0.1, 0.15) is 12.4 Å². The standard InChI is InChI=1S/C19H20F2N2O4/c20-14-3-5-16(15(21)11-14)27-9-6-22-19(24)23-12-13-2-4-17-18(10-13)26-8-1-7-25-17/h2-5,10-11H,1,6-9,12H2,(H2,22,23,24). The fourth-order valence-corrected chi connectivity index (χ4v) is 2.48. The number of nitrogens with one attached hydrogen (secondary N) is 2. The van der Waals surface area contributed by atoms with Crippen molar-refractivity contribution in [2.75, 3.05) is 26.4 Å². The molecule has 0 saturated heterocycles. The second-order valence-corrected chi connectivity index (χ2v) is 5.86. The summed E-state index contributed by atoms with van der Waals surface area (Å²) in [6.07, 6.45) is 0.828. The van der Waals surface area contributed by atoms with Gasteiger partial charge in [-0.3, -0.25) is 0 Å². The van der Waals surface area contributed by atoms with Crippen molar-refractivity contribution in [3.8, 4) is 17.2 Å². The molecule has 1 aliphatic heterocycles. The number of rotatable bonds is 6. The van der Waals surface area contributed by atoms with Crippen molar-refractivity contribution in [2.45, 2.75) is 13.0 Å². The topological polar surface area (TPSA) is 68.8 Å². The minimum absolute atomic E-state index is 0.0556. The van der Waals surface area contributed by atoms with Crippen LogP contribution in [-0.2, 0) is 6.54 Å². The summed E-state index contributed by atoms with van der Waals surface area (Å²) in [5.74, 6) is -0.153. The Hall–Kier alpha value is -3.03. The van der Waals surface area contributed by atoms with E-state index in [1.807, 2.05) is 18.2 Å². The molecule has 0 spiro atoms. The highest BCUT2D eigenvalue weighted by Crippen LogP contribution is 2.30. The number of carbonyl (C=O) groups excluding carboxylic acids is 1. The molecule has 1 heterocycles. The van der Waals surface area contributed by atoms with Crippen LogP contribution in [-0.4, -0.2) is 32.4 Å². The Morgan fingerprint density at radius 2 is 1.85 bits per heavy atom. The fourth-order valence-electron chi connectivity index (χ4n) is 2.48. The Labute approximate surface area is 155 Å². The van der Waals surface area contributed by atoms with Crippen LogP contribution in [0.4, 0.5) is 13.6 Å². The highest BCUT2D eigenvalue weighted by molar-refractivity contribution is 5.73. The maximum absolute atomic E-state index is 13.4. The average molecular weight is 378 g/mol. The largest absolute Gasteiger partial charge is 0.490 e. The summed E-state index contributed by atoms with van der Waals surface area (Å²) in [6, 6.07) is 8.18. The third-order valence-electron chi connectivity index (χ3n) is 3.80. The van der Waals surface area contributed by atoms with Crippen LogP contribution in [0, 0.1) is 11.6 Å². The van der Waals surface area contributed by atoms with Crippen LogP contribution < -0.4 is 24.8 Å². The van der Waals surface area contributed by atoms with E-state index in [0.29, 0.717) is 31.3 Å². The van der Waals surface area contributed by atoms with Gasteiger partial charge in [-0.15, -0.1) is 0 Å². The van der Waals surface area contributed by atoms with Crippen molar-refractivity contribution in [3.05, 3.63) is 53.6 Å². The number of ether oxygens (including phenoxy) is 3. The van der Waals surface area contributed by atoms with Gasteiger partial charge in [0.15, 0.2) is 23.1 Å². The predicted octanol–water partition coefficient (Wildman–Crippen LogP) is 3.00. The van der Waals surface area contributed by atoms with E-state index in [9.17, 15) is 13.6 Å². The molecule has 2 aromatic carbocycles. The van der Waals surface area contributed by atoms with Crippen LogP contribution in [0.15, 0.2) is 36.4 Å². The van der Waals surface area contributed by atoms with Gasteiger partial charge in [0, 0.05) is 19.0 Å². The van der Waals surface area contributed by atoms with Crippen LogP contribution >= 0.6 is 0 Å². The molecule has 27 heavy (non-hydrogen) atoms. The quantitative estimate of drug-likeness (QED) is 0.759. The Balaban J connectivity index is 1.39. The van der Waals surface area contributed by atoms with Crippen LogP contribution in [0.1, 0.15) is 12.0 Å². The number of urea groups is 1. The zero-order chi connectivity index (χ0) is 19.1. The van der Waals surface area contributed by atoms with Gasteiger partial charge in [0.2, 0.25) is 0 Å². The normalized spacial score (nSPS) is 12.8. The smallest absolute Gasteiger partial charge is 0.315 e. The molecule has 144 valence electrons. The Bertz CT molecular complexity index is 801. The van der Waals surface area contributed by atoms with E-state index in [2.05, 4.69) is 10.6 Å². The van der Waals surface area contributed by atoms with Gasteiger partial charge < -0.3 is 24.8 Å². The first-order valence-electron chi connectivity index (χ1n) is 8.60. The zero-order valence-corrected chi connectivity index (χ0v) is 14.6. The summed E-state index contributed by atoms with van der Waals surface area (Å²) in [7, 11) is 0. The van der Waals surface area contributed by atoms with Crippen molar-refractivity contribution in [1.29, 1.82) is 0 Å². The van der Waals surface area contributed by atoms with Crippen LogP contribution in [0.25, 0.3) is 0 Å². The number of hydrogen-bond donors (Lipinski definition) is 2. The van der Waals surface area contributed by atoms with Gasteiger partial charge in [0.25, 0.3) is 0 Å².